The van der Waals surface area contributed by atoms with E-state index in [9.17, 15) is 18.0 Å². The van der Waals surface area contributed by atoms with Crippen LogP contribution in [0.4, 0.5) is 13.2 Å². The summed E-state index contributed by atoms with van der Waals surface area (Å²) < 4.78 is 39.7. The zero-order valence-electron chi connectivity index (χ0n) is 8.16. The largest absolute Gasteiger partial charge is 0.390 e. The first-order valence-electron chi connectivity index (χ1n) is 4.42. The first-order valence-corrected chi connectivity index (χ1v) is 4.42. The molecule has 88 valence electrons. The molecule has 1 atom stereocenters. The number of halogens is 3. The van der Waals surface area contributed by atoms with Gasteiger partial charge in [0.1, 0.15) is 18.3 Å². The molecule has 0 saturated carbocycles. The van der Waals surface area contributed by atoms with Gasteiger partial charge in [-0.3, -0.25) is 4.79 Å². The second-order valence-electron chi connectivity index (χ2n) is 3.28. The molecule has 0 aliphatic heterocycles. The standard InChI is InChI=1S/C10H10F3NO2/c11-7-4-2-1-3-6(7)8(9(14)16)10(12,13)5-15/h1-4,8,15H,5H2,(H2,14,16). The average molecular weight is 233 g/mol. The van der Waals surface area contributed by atoms with Crippen molar-refractivity contribution in [3.05, 3.63) is 35.6 Å². The first kappa shape index (κ1) is 12.5. The molecule has 0 aromatic heterocycles. The third-order valence-corrected chi connectivity index (χ3v) is 2.13. The summed E-state index contributed by atoms with van der Waals surface area (Å²) in [5.41, 5.74) is 4.28. The molecule has 0 aliphatic rings. The fourth-order valence-electron chi connectivity index (χ4n) is 1.39. The van der Waals surface area contributed by atoms with E-state index in [2.05, 4.69) is 0 Å². The van der Waals surface area contributed by atoms with Crippen molar-refractivity contribution in [3.8, 4) is 0 Å². The maximum Gasteiger partial charge on any atom is 0.286 e. The number of aliphatic hydroxyl groups excluding tert-OH is 1. The molecule has 3 N–H and O–H groups in total. The van der Waals surface area contributed by atoms with Crippen LogP contribution >= 0.6 is 0 Å². The van der Waals surface area contributed by atoms with Gasteiger partial charge in [-0.15, -0.1) is 0 Å². The van der Waals surface area contributed by atoms with E-state index >= 15 is 0 Å². The monoisotopic (exact) mass is 233 g/mol. The molecular formula is C10H10F3NO2. The lowest BCUT2D eigenvalue weighted by atomic mass is 9.92. The van der Waals surface area contributed by atoms with Crippen molar-refractivity contribution < 1.29 is 23.1 Å². The van der Waals surface area contributed by atoms with Crippen molar-refractivity contribution in [1.29, 1.82) is 0 Å². The van der Waals surface area contributed by atoms with E-state index in [1.807, 2.05) is 0 Å². The van der Waals surface area contributed by atoms with E-state index in [-0.39, 0.29) is 0 Å². The molecule has 0 saturated heterocycles. The SMILES string of the molecule is NC(=O)C(c1ccccc1F)C(F)(F)CO. The van der Waals surface area contributed by atoms with Crippen molar-refractivity contribution >= 4 is 5.91 Å². The molecule has 1 amide bonds. The van der Waals surface area contributed by atoms with Gasteiger partial charge in [0.15, 0.2) is 0 Å². The van der Waals surface area contributed by atoms with Gasteiger partial charge in [0.2, 0.25) is 5.91 Å². The smallest absolute Gasteiger partial charge is 0.286 e. The third kappa shape index (κ3) is 2.33. The lowest BCUT2D eigenvalue weighted by molar-refractivity contribution is -0.134. The van der Waals surface area contributed by atoms with Crippen molar-refractivity contribution in [3.63, 3.8) is 0 Å². The highest BCUT2D eigenvalue weighted by Gasteiger charge is 2.45. The number of hydrogen-bond donors (Lipinski definition) is 2. The van der Waals surface area contributed by atoms with Crippen molar-refractivity contribution in [2.45, 2.75) is 11.8 Å². The molecule has 1 unspecified atom stereocenters. The van der Waals surface area contributed by atoms with Crippen LogP contribution in [0.15, 0.2) is 24.3 Å². The molecule has 0 aliphatic carbocycles. The molecule has 16 heavy (non-hydrogen) atoms. The zero-order valence-corrected chi connectivity index (χ0v) is 8.16. The second kappa shape index (κ2) is 4.52. The fourth-order valence-corrected chi connectivity index (χ4v) is 1.39. The maximum absolute atomic E-state index is 13.2. The van der Waals surface area contributed by atoms with Crippen LogP contribution in [0.5, 0.6) is 0 Å². The molecule has 0 spiro atoms. The summed E-state index contributed by atoms with van der Waals surface area (Å²) in [6.07, 6.45) is 0. The van der Waals surface area contributed by atoms with Crippen LogP contribution in [0.2, 0.25) is 0 Å². The molecule has 0 fully saturated rings. The zero-order chi connectivity index (χ0) is 12.3. The lowest BCUT2D eigenvalue weighted by Gasteiger charge is -2.23. The van der Waals surface area contributed by atoms with Crippen LogP contribution in [0.25, 0.3) is 0 Å². The molecule has 3 nitrogen and oxygen atoms in total. The van der Waals surface area contributed by atoms with E-state index in [0.29, 0.717) is 0 Å². The Bertz CT molecular complexity index is 395. The summed E-state index contributed by atoms with van der Waals surface area (Å²) in [5.74, 6) is -8.30. The van der Waals surface area contributed by atoms with E-state index in [1.165, 1.54) is 12.1 Å². The lowest BCUT2D eigenvalue weighted by Crippen LogP contribution is -2.39. The van der Waals surface area contributed by atoms with Crippen LogP contribution in [-0.2, 0) is 4.79 Å². The number of alkyl halides is 2. The van der Waals surface area contributed by atoms with Gasteiger partial charge in [-0.05, 0) is 6.07 Å². The van der Waals surface area contributed by atoms with Crippen molar-refractivity contribution in [2.75, 3.05) is 6.61 Å². The molecule has 1 aromatic carbocycles. The first-order chi connectivity index (χ1) is 7.40. The second-order valence-corrected chi connectivity index (χ2v) is 3.28. The van der Waals surface area contributed by atoms with Gasteiger partial charge in [-0.2, -0.15) is 0 Å². The highest BCUT2D eigenvalue weighted by Crippen LogP contribution is 2.34. The minimum atomic E-state index is -3.78. The van der Waals surface area contributed by atoms with Gasteiger partial charge in [0.05, 0.1) is 0 Å². The quantitative estimate of drug-likeness (QED) is 0.815. The maximum atomic E-state index is 13.2. The van der Waals surface area contributed by atoms with Crippen molar-refractivity contribution in [1.82, 2.24) is 0 Å². The van der Waals surface area contributed by atoms with Gasteiger partial charge in [0, 0.05) is 5.56 Å². The summed E-state index contributed by atoms with van der Waals surface area (Å²) in [7, 11) is 0. The number of rotatable bonds is 4. The minimum absolute atomic E-state index is 0.519. The van der Waals surface area contributed by atoms with Crippen molar-refractivity contribution in [2.24, 2.45) is 5.73 Å². The number of benzene rings is 1. The highest BCUT2D eigenvalue weighted by atomic mass is 19.3. The molecule has 0 bridgehead atoms. The molecule has 1 aromatic rings. The molecule has 1 rings (SSSR count). The van der Waals surface area contributed by atoms with Gasteiger partial charge < -0.3 is 10.8 Å². The molecular weight excluding hydrogens is 223 g/mol. The highest BCUT2D eigenvalue weighted by molar-refractivity contribution is 5.83. The number of aliphatic hydroxyl groups is 1. The number of nitrogens with two attached hydrogens (primary N) is 1. The topological polar surface area (TPSA) is 63.3 Å². The Morgan fingerprint density at radius 3 is 2.44 bits per heavy atom. The minimum Gasteiger partial charge on any atom is -0.390 e. The molecule has 6 heteroatoms. The van der Waals surface area contributed by atoms with Crippen LogP contribution in [0.1, 0.15) is 11.5 Å². The van der Waals surface area contributed by atoms with E-state index in [1.54, 1.807) is 0 Å². The van der Waals surface area contributed by atoms with Gasteiger partial charge in [0.25, 0.3) is 5.92 Å². The average Bonchev–Trinajstić information content (AvgIpc) is 2.20. The summed E-state index contributed by atoms with van der Waals surface area (Å²) in [4.78, 5) is 10.9. The number of carbonyl (C=O) groups is 1. The van der Waals surface area contributed by atoms with Crippen LogP contribution in [0, 0.1) is 5.82 Å². The number of carbonyl (C=O) groups excluding carboxylic acids is 1. The third-order valence-electron chi connectivity index (χ3n) is 2.13. The normalized spacial score (nSPS) is 13.5. The number of hydrogen-bond acceptors (Lipinski definition) is 2. The fraction of sp³-hybridized carbons (Fsp3) is 0.300. The van der Waals surface area contributed by atoms with E-state index in [4.69, 9.17) is 10.8 Å². The van der Waals surface area contributed by atoms with E-state index in [0.717, 1.165) is 12.1 Å². The Morgan fingerprint density at radius 1 is 1.44 bits per heavy atom. The Kier molecular flexibility index (Phi) is 3.54. The molecule has 0 heterocycles. The Labute approximate surface area is 89.7 Å². The van der Waals surface area contributed by atoms with E-state index < -0.39 is 35.7 Å². The van der Waals surface area contributed by atoms with Gasteiger partial charge >= 0.3 is 0 Å². The summed E-state index contributed by atoms with van der Waals surface area (Å²) in [6.45, 7) is -1.57. The summed E-state index contributed by atoms with van der Waals surface area (Å²) >= 11 is 0. The Hall–Kier alpha value is -1.56. The van der Waals surface area contributed by atoms with Gasteiger partial charge in [-0.25, -0.2) is 13.2 Å². The number of primary amides is 1. The molecule has 0 radical (unpaired) electrons. The predicted molar refractivity (Wildman–Crippen MR) is 50.4 cm³/mol. The van der Waals surface area contributed by atoms with Crippen LogP contribution in [-0.4, -0.2) is 23.5 Å². The Balaban J connectivity index is 3.24. The van der Waals surface area contributed by atoms with Crippen LogP contribution in [0.3, 0.4) is 0 Å². The predicted octanol–water partition coefficient (Wildman–Crippen LogP) is 1.02. The summed E-state index contributed by atoms with van der Waals surface area (Å²) in [5, 5.41) is 8.49. The van der Waals surface area contributed by atoms with Crippen LogP contribution < -0.4 is 5.73 Å². The van der Waals surface area contributed by atoms with Gasteiger partial charge in [-0.1, -0.05) is 18.2 Å². The Morgan fingerprint density at radius 2 is 2.00 bits per heavy atom. The summed E-state index contributed by atoms with van der Waals surface area (Å²) in [6, 6.07) is 4.59. The number of amides is 1.